The first kappa shape index (κ1) is 21.2. The van der Waals surface area contributed by atoms with Crippen molar-refractivity contribution in [1.82, 2.24) is 10.2 Å². The number of para-hydroxylation sites is 1. The van der Waals surface area contributed by atoms with Gasteiger partial charge in [-0.3, -0.25) is 14.5 Å². The number of halogens is 2. The van der Waals surface area contributed by atoms with Gasteiger partial charge in [-0.1, -0.05) is 24.3 Å². The Morgan fingerprint density at radius 3 is 2.43 bits per heavy atom. The Kier molecular flexibility index (Phi) is 6.00. The Labute approximate surface area is 171 Å². The van der Waals surface area contributed by atoms with Crippen molar-refractivity contribution in [2.75, 3.05) is 13.2 Å². The van der Waals surface area contributed by atoms with E-state index >= 15 is 0 Å². The van der Waals surface area contributed by atoms with Crippen molar-refractivity contribution in [1.29, 1.82) is 0 Å². The summed E-state index contributed by atoms with van der Waals surface area (Å²) in [7, 11) is 0. The molecule has 7 nitrogen and oxygen atoms in total. The van der Waals surface area contributed by atoms with Crippen molar-refractivity contribution >= 4 is 17.7 Å². The average molecular weight is 418 g/mol. The molecule has 1 atom stereocenters. The Morgan fingerprint density at radius 1 is 1.13 bits per heavy atom. The van der Waals surface area contributed by atoms with Crippen molar-refractivity contribution in [3.05, 3.63) is 59.7 Å². The summed E-state index contributed by atoms with van der Waals surface area (Å²) in [6, 6.07) is 11.6. The minimum Gasteiger partial charge on any atom is -0.491 e. The number of hydrogen-bond donors (Lipinski definition) is 1. The normalized spacial score (nSPS) is 18.5. The first-order valence-corrected chi connectivity index (χ1v) is 9.14. The number of amides is 3. The van der Waals surface area contributed by atoms with Crippen LogP contribution in [0.15, 0.2) is 48.5 Å². The van der Waals surface area contributed by atoms with Crippen LogP contribution in [-0.2, 0) is 10.3 Å². The van der Waals surface area contributed by atoms with Gasteiger partial charge in [-0.2, -0.15) is 8.78 Å². The minimum atomic E-state index is -2.96. The summed E-state index contributed by atoms with van der Waals surface area (Å²) >= 11 is 0. The van der Waals surface area contributed by atoms with Gasteiger partial charge in [-0.25, -0.2) is 4.79 Å². The largest absolute Gasteiger partial charge is 0.491 e. The van der Waals surface area contributed by atoms with Crippen LogP contribution in [0.3, 0.4) is 0 Å². The molecule has 1 aliphatic heterocycles. The van der Waals surface area contributed by atoms with E-state index in [0.717, 1.165) is 4.90 Å². The summed E-state index contributed by atoms with van der Waals surface area (Å²) in [5.74, 6) is -0.344. The predicted octanol–water partition coefficient (Wildman–Crippen LogP) is 3.34. The molecule has 0 unspecified atom stereocenters. The van der Waals surface area contributed by atoms with E-state index in [2.05, 4.69) is 10.1 Å². The number of urea groups is 1. The van der Waals surface area contributed by atoms with Crippen molar-refractivity contribution in [3.8, 4) is 11.5 Å². The van der Waals surface area contributed by atoms with Crippen LogP contribution in [0.25, 0.3) is 0 Å². The molecule has 30 heavy (non-hydrogen) atoms. The number of rotatable bonds is 8. The minimum absolute atomic E-state index is 0.000694. The highest BCUT2D eigenvalue weighted by Crippen LogP contribution is 2.30. The lowest BCUT2D eigenvalue weighted by molar-refractivity contribution is -0.131. The average Bonchev–Trinajstić information content (AvgIpc) is 2.92. The third-order valence-corrected chi connectivity index (χ3v) is 4.77. The van der Waals surface area contributed by atoms with Gasteiger partial charge in [0.05, 0.1) is 12.1 Å². The molecule has 3 amide bonds. The number of nitrogens with zero attached hydrogens (tertiary/aromatic N) is 1. The summed E-state index contributed by atoms with van der Waals surface area (Å²) < 4.78 is 34.5. The van der Waals surface area contributed by atoms with Gasteiger partial charge in [-0.05, 0) is 43.7 Å². The summed E-state index contributed by atoms with van der Waals surface area (Å²) in [4.78, 5) is 37.9. The predicted molar refractivity (Wildman–Crippen MR) is 103 cm³/mol. The molecule has 1 aliphatic rings. The number of imide groups is 1. The molecule has 0 bridgehead atoms. The lowest BCUT2D eigenvalue weighted by Crippen LogP contribution is -2.41. The van der Waals surface area contributed by atoms with E-state index in [0.29, 0.717) is 16.9 Å². The number of carbonyl (C=O) groups excluding carboxylic acids is 3. The van der Waals surface area contributed by atoms with Crippen molar-refractivity contribution in [3.63, 3.8) is 0 Å². The standard InChI is InChI=1S/C21H20F2N2O5/c1-13(26)16-5-3-4-6-17(16)29-12-11-25-18(27)21(2,24-20(25)28)14-7-9-15(10-8-14)30-19(22)23/h3-10,19H,11-12H2,1-2H3,(H,24,28)/t21-/m1/s1. The Morgan fingerprint density at radius 2 is 1.80 bits per heavy atom. The Balaban J connectivity index is 1.68. The third-order valence-electron chi connectivity index (χ3n) is 4.77. The second-order valence-electron chi connectivity index (χ2n) is 6.82. The molecule has 0 aromatic heterocycles. The second kappa shape index (κ2) is 8.48. The van der Waals surface area contributed by atoms with Gasteiger partial charge in [0.1, 0.15) is 23.6 Å². The number of nitrogens with one attached hydrogen (secondary N) is 1. The number of ketones is 1. The monoisotopic (exact) mass is 418 g/mol. The molecule has 0 spiro atoms. The van der Waals surface area contributed by atoms with Crippen molar-refractivity contribution < 1.29 is 32.6 Å². The van der Waals surface area contributed by atoms with Crippen LogP contribution in [0.4, 0.5) is 13.6 Å². The van der Waals surface area contributed by atoms with Gasteiger partial charge in [0.2, 0.25) is 0 Å². The fraction of sp³-hybridized carbons (Fsp3) is 0.286. The van der Waals surface area contributed by atoms with Gasteiger partial charge in [0, 0.05) is 0 Å². The number of benzene rings is 2. The summed E-state index contributed by atoms with van der Waals surface area (Å²) in [5.41, 5.74) is -0.518. The number of alkyl halides is 2. The van der Waals surface area contributed by atoms with E-state index in [1.54, 1.807) is 24.3 Å². The van der Waals surface area contributed by atoms with Crippen LogP contribution in [0.2, 0.25) is 0 Å². The zero-order valence-corrected chi connectivity index (χ0v) is 16.4. The first-order chi connectivity index (χ1) is 14.2. The van der Waals surface area contributed by atoms with Gasteiger partial charge in [0.25, 0.3) is 5.91 Å². The molecule has 2 aromatic carbocycles. The molecular weight excluding hydrogens is 398 g/mol. The SMILES string of the molecule is CC(=O)c1ccccc1OCCN1C(=O)N[C@](C)(c2ccc(OC(F)F)cc2)C1=O. The molecule has 2 aromatic rings. The van der Waals surface area contributed by atoms with Crippen LogP contribution in [0, 0.1) is 0 Å². The van der Waals surface area contributed by atoms with Gasteiger partial charge >= 0.3 is 12.6 Å². The fourth-order valence-electron chi connectivity index (χ4n) is 3.20. The smallest absolute Gasteiger partial charge is 0.387 e. The zero-order valence-electron chi connectivity index (χ0n) is 16.4. The van der Waals surface area contributed by atoms with E-state index in [9.17, 15) is 23.2 Å². The highest BCUT2D eigenvalue weighted by atomic mass is 19.3. The molecule has 9 heteroatoms. The maximum Gasteiger partial charge on any atom is 0.387 e. The summed E-state index contributed by atoms with van der Waals surface area (Å²) in [6.45, 7) is -0.0345. The van der Waals surface area contributed by atoms with Crippen molar-refractivity contribution in [2.24, 2.45) is 0 Å². The maximum atomic E-state index is 12.9. The lowest BCUT2D eigenvalue weighted by Gasteiger charge is -2.22. The van der Waals surface area contributed by atoms with Crippen molar-refractivity contribution in [2.45, 2.75) is 26.0 Å². The number of carbonyl (C=O) groups is 3. The third kappa shape index (κ3) is 4.24. The van der Waals surface area contributed by atoms with E-state index in [1.165, 1.54) is 38.1 Å². The quantitative estimate of drug-likeness (QED) is 0.525. The lowest BCUT2D eigenvalue weighted by atomic mass is 9.92. The molecule has 0 radical (unpaired) electrons. The van der Waals surface area contributed by atoms with Gasteiger partial charge in [-0.15, -0.1) is 0 Å². The van der Waals surface area contributed by atoms with E-state index in [-0.39, 0.29) is 24.7 Å². The molecule has 1 saturated heterocycles. The van der Waals surface area contributed by atoms with E-state index < -0.39 is 24.1 Å². The molecular formula is C21H20F2N2O5. The van der Waals surface area contributed by atoms with Crippen LogP contribution in [0.1, 0.15) is 29.8 Å². The summed E-state index contributed by atoms with van der Waals surface area (Å²) in [5, 5.41) is 2.62. The van der Waals surface area contributed by atoms with Crippen LogP contribution >= 0.6 is 0 Å². The number of Topliss-reactive ketones (excluding diaryl/α,β-unsaturated/α-hetero) is 1. The van der Waals surface area contributed by atoms with E-state index in [4.69, 9.17) is 4.74 Å². The Bertz CT molecular complexity index is 964. The van der Waals surface area contributed by atoms with Gasteiger partial charge in [0.15, 0.2) is 5.78 Å². The molecule has 0 saturated carbocycles. The summed E-state index contributed by atoms with van der Waals surface area (Å²) in [6.07, 6.45) is 0. The van der Waals surface area contributed by atoms with Crippen LogP contribution < -0.4 is 14.8 Å². The van der Waals surface area contributed by atoms with Gasteiger partial charge < -0.3 is 14.8 Å². The number of ether oxygens (including phenoxy) is 2. The zero-order chi connectivity index (χ0) is 21.9. The topological polar surface area (TPSA) is 84.9 Å². The second-order valence-corrected chi connectivity index (χ2v) is 6.82. The molecule has 1 heterocycles. The van der Waals surface area contributed by atoms with Crippen LogP contribution in [-0.4, -0.2) is 42.4 Å². The number of hydrogen-bond acceptors (Lipinski definition) is 5. The molecule has 1 fully saturated rings. The fourth-order valence-corrected chi connectivity index (χ4v) is 3.20. The molecule has 3 rings (SSSR count). The maximum absolute atomic E-state index is 12.9. The molecule has 1 N–H and O–H groups in total. The Hall–Kier alpha value is -3.49. The highest BCUT2D eigenvalue weighted by Gasteiger charge is 2.48. The van der Waals surface area contributed by atoms with Crippen LogP contribution in [0.5, 0.6) is 11.5 Å². The molecule has 158 valence electrons. The molecule has 0 aliphatic carbocycles. The first-order valence-electron chi connectivity index (χ1n) is 9.14. The van der Waals surface area contributed by atoms with E-state index in [1.807, 2.05) is 0 Å². The highest BCUT2D eigenvalue weighted by molar-refractivity contribution is 6.07.